The lowest BCUT2D eigenvalue weighted by Crippen LogP contribution is -2.18. The van der Waals surface area contributed by atoms with Gasteiger partial charge in [-0.1, -0.05) is 4.19 Å². The Morgan fingerprint density at radius 3 is 2.08 bits per heavy atom. The van der Waals surface area contributed by atoms with Crippen LogP contribution >= 0.6 is 19.8 Å². The van der Waals surface area contributed by atoms with Crippen LogP contribution in [0, 0.1) is 11.3 Å². The normalized spacial score (nSPS) is 11.7. The van der Waals surface area contributed by atoms with Crippen LogP contribution in [0.3, 0.4) is 0 Å². The third kappa shape index (κ3) is 4.81. The third-order valence-corrected chi connectivity index (χ3v) is 5.79. The molecule has 0 bridgehead atoms. The summed E-state index contributed by atoms with van der Waals surface area (Å²) in [6.07, 6.45) is 0.525. The molecule has 0 aromatic heterocycles. The molecule has 0 aliphatic carbocycles. The molecule has 0 aliphatic rings. The standard InChI is InChI=1S/C9H18ClN2P/c1-8(2)13(9(3)4)12(10)7-5-6-11/h8-9H,5,7H2,1-4H3/p+1. The van der Waals surface area contributed by atoms with Crippen LogP contribution in [0.2, 0.25) is 0 Å². The van der Waals surface area contributed by atoms with Gasteiger partial charge in [-0.25, -0.2) is 0 Å². The lowest BCUT2D eigenvalue weighted by atomic mass is 10.5. The lowest BCUT2D eigenvalue weighted by Gasteiger charge is -2.23. The van der Waals surface area contributed by atoms with Gasteiger partial charge in [0.2, 0.25) is 0 Å². The van der Waals surface area contributed by atoms with Crippen molar-refractivity contribution in [2.24, 2.45) is 0 Å². The number of rotatable bonds is 5. The van der Waals surface area contributed by atoms with E-state index < -0.39 is 8.07 Å². The van der Waals surface area contributed by atoms with Gasteiger partial charge in [-0.2, -0.15) is 5.26 Å². The third-order valence-electron chi connectivity index (χ3n) is 1.88. The first kappa shape index (κ1) is 13.2. The zero-order valence-corrected chi connectivity index (χ0v) is 10.6. The van der Waals surface area contributed by atoms with Crippen molar-refractivity contribution in [1.82, 2.24) is 4.19 Å². The quantitative estimate of drug-likeness (QED) is 0.526. The van der Waals surface area contributed by atoms with Crippen LogP contribution in [0.4, 0.5) is 0 Å². The number of hydrogen-bond donors (Lipinski definition) is 0. The minimum absolute atomic E-state index is 0.525. The minimum atomic E-state index is -0.681. The Morgan fingerprint density at radius 1 is 1.31 bits per heavy atom. The van der Waals surface area contributed by atoms with Gasteiger partial charge in [-0.15, -0.1) is 0 Å². The van der Waals surface area contributed by atoms with Crippen LogP contribution < -0.4 is 0 Å². The van der Waals surface area contributed by atoms with E-state index in [0.29, 0.717) is 24.3 Å². The lowest BCUT2D eigenvalue weighted by molar-refractivity contribution is 0.685. The van der Waals surface area contributed by atoms with Crippen LogP contribution in [0.1, 0.15) is 34.1 Å². The highest BCUT2D eigenvalue weighted by atomic mass is 35.5. The Kier molecular flexibility index (Phi) is 6.68. The molecule has 0 spiro atoms. The molecule has 0 aliphatic heterocycles. The maximum absolute atomic E-state index is 8.45. The van der Waals surface area contributed by atoms with Gasteiger partial charge in [0, 0.05) is 11.8 Å². The average Bonchev–Trinajstić information content (AvgIpc) is 1.99. The van der Waals surface area contributed by atoms with Crippen molar-refractivity contribution in [1.29, 1.82) is 5.26 Å². The summed E-state index contributed by atoms with van der Waals surface area (Å²) in [5, 5.41) is 8.45. The van der Waals surface area contributed by atoms with Crippen LogP contribution in [0.5, 0.6) is 0 Å². The molecule has 0 N–H and O–H groups in total. The molecule has 0 amide bonds. The van der Waals surface area contributed by atoms with Crippen molar-refractivity contribution in [3.05, 3.63) is 0 Å². The number of halogens is 1. The van der Waals surface area contributed by atoms with Gasteiger partial charge in [0.05, 0.1) is 38.4 Å². The van der Waals surface area contributed by atoms with Crippen molar-refractivity contribution in [2.45, 2.75) is 45.4 Å². The van der Waals surface area contributed by atoms with E-state index in [4.69, 9.17) is 17.0 Å². The Balaban J connectivity index is 4.13. The average molecular weight is 222 g/mol. The summed E-state index contributed by atoms with van der Waals surface area (Å²) in [4.78, 5) is 0. The second kappa shape index (κ2) is 6.60. The minimum Gasteiger partial charge on any atom is -0.198 e. The van der Waals surface area contributed by atoms with E-state index in [1.807, 2.05) is 4.19 Å². The molecule has 76 valence electrons. The fraction of sp³-hybridized carbons (Fsp3) is 0.889. The predicted molar refractivity (Wildman–Crippen MR) is 61.4 cm³/mol. The van der Waals surface area contributed by atoms with Crippen LogP contribution in [-0.2, 0) is 0 Å². The first-order valence-electron chi connectivity index (χ1n) is 4.67. The van der Waals surface area contributed by atoms with Crippen molar-refractivity contribution in [2.75, 3.05) is 6.54 Å². The smallest absolute Gasteiger partial charge is 0.0930 e. The molecule has 0 aromatic carbocycles. The zero-order chi connectivity index (χ0) is 10.4. The van der Waals surface area contributed by atoms with Gasteiger partial charge in [0.1, 0.15) is 0 Å². The highest BCUT2D eigenvalue weighted by Gasteiger charge is 2.31. The topological polar surface area (TPSA) is 27.0 Å². The summed E-state index contributed by atoms with van der Waals surface area (Å²) in [6, 6.07) is 2.12. The van der Waals surface area contributed by atoms with E-state index >= 15 is 0 Å². The van der Waals surface area contributed by atoms with Crippen LogP contribution in [-0.4, -0.2) is 22.1 Å². The summed E-state index contributed by atoms with van der Waals surface area (Å²) < 4.78 is 1.88. The van der Waals surface area contributed by atoms with Crippen molar-refractivity contribution < 1.29 is 0 Å². The first-order valence-corrected chi connectivity index (χ1v) is 6.61. The Labute approximate surface area is 87.8 Å². The summed E-state index contributed by atoms with van der Waals surface area (Å²) in [6.45, 7) is 9.51. The fourth-order valence-electron chi connectivity index (χ4n) is 1.50. The Morgan fingerprint density at radius 2 is 1.77 bits per heavy atom. The van der Waals surface area contributed by atoms with Gasteiger partial charge >= 0.3 is 0 Å². The van der Waals surface area contributed by atoms with Gasteiger partial charge < -0.3 is 0 Å². The molecule has 0 unspecified atom stereocenters. The number of nitriles is 1. The Bertz CT molecular complexity index is 169. The highest BCUT2D eigenvalue weighted by molar-refractivity contribution is 7.57. The molecule has 4 heteroatoms. The largest absolute Gasteiger partial charge is 0.198 e. The second-order valence-electron chi connectivity index (χ2n) is 3.73. The molecule has 2 nitrogen and oxygen atoms in total. The van der Waals surface area contributed by atoms with Crippen LogP contribution in [0.25, 0.3) is 0 Å². The van der Waals surface area contributed by atoms with E-state index in [-0.39, 0.29) is 0 Å². The van der Waals surface area contributed by atoms with Gasteiger partial charge in [0.25, 0.3) is 0 Å². The van der Waals surface area contributed by atoms with Gasteiger partial charge in [-0.3, -0.25) is 0 Å². The molecule has 0 saturated carbocycles. The molecule has 0 atom stereocenters. The summed E-state index contributed by atoms with van der Waals surface area (Å²) in [5.41, 5.74) is 1.25. The zero-order valence-electron chi connectivity index (χ0n) is 8.84. The molecule has 13 heavy (non-hydrogen) atoms. The molecule has 0 heterocycles. The molecular formula is C9H19ClN2P+. The van der Waals surface area contributed by atoms with Crippen LogP contribution in [0.15, 0.2) is 0 Å². The van der Waals surface area contributed by atoms with E-state index in [1.54, 1.807) is 0 Å². The molecule has 0 radical (unpaired) electrons. The van der Waals surface area contributed by atoms with Gasteiger partial charge in [-0.05, 0) is 27.7 Å². The van der Waals surface area contributed by atoms with E-state index in [1.165, 1.54) is 0 Å². The molecular weight excluding hydrogens is 203 g/mol. The van der Waals surface area contributed by atoms with Gasteiger partial charge in [0.15, 0.2) is 0 Å². The Hall–Kier alpha value is 0.170. The van der Waals surface area contributed by atoms with Crippen molar-refractivity contribution in [3.8, 4) is 6.07 Å². The second-order valence-corrected chi connectivity index (χ2v) is 8.12. The van der Waals surface area contributed by atoms with E-state index in [2.05, 4.69) is 33.8 Å². The monoisotopic (exact) mass is 221 g/mol. The molecule has 0 saturated heterocycles. The van der Waals surface area contributed by atoms with Crippen molar-refractivity contribution in [3.63, 3.8) is 0 Å². The van der Waals surface area contributed by atoms with E-state index in [0.717, 1.165) is 0 Å². The highest BCUT2D eigenvalue weighted by Crippen LogP contribution is 2.50. The molecule has 0 rings (SSSR count). The number of nitrogens with zero attached hydrogens (tertiary/aromatic N) is 2. The molecule has 0 fully saturated rings. The summed E-state index contributed by atoms with van der Waals surface area (Å²) >= 11 is 6.14. The molecule has 0 aromatic rings. The summed E-state index contributed by atoms with van der Waals surface area (Å²) in [5.74, 6) is 0. The van der Waals surface area contributed by atoms with E-state index in [9.17, 15) is 0 Å². The summed E-state index contributed by atoms with van der Waals surface area (Å²) in [7, 11) is -0.681. The maximum atomic E-state index is 8.45. The predicted octanol–water partition coefficient (Wildman–Crippen LogP) is 3.30. The fourth-order valence-corrected chi connectivity index (χ4v) is 5.58. The maximum Gasteiger partial charge on any atom is 0.0930 e. The number of hydrogen-bond acceptors (Lipinski definition) is 2. The van der Waals surface area contributed by atoms with Crippen molar-refractivity contribution >= 4 is 19.8 Å². The SMILES string of the molecule is CC(C)[PH+](C(C)C)N(Cl)CCC#N. The first-order chi connectivity index (χ1) is 6.00.